The summed E-state index contributed by atoms with van der Waals surface area (Å²) in [4.78, 5) is 17.8. The van der Waals surface area contributed by atoms with Crippen molar-refractivity contribution in [2.45, 2.75) is 6.42 Å². The van der Waals surface area contributed by atoms with Gasteiger partial charge in [0.15, 0.2) is 10.8 Å². The average Bonchev–Trinajstić information content (AvgIpc) is 3.28. The van der Waals surface area contributed by atoms with E-state index >= 15 is 0 Å². The first kappa shape index (κ1) is 16.4. The Hall–Kier alpha value is -2.44. The van der Waals surface area contributed by atoms with E-state index in [2.05, 4.69) is 10.3 Å². The van der Waals surface area contributed by atoms with Crippen molar-refractivity contribution in [2.24, 2.45) is 0 Å². The predicted molar refractivity (Wildman–Crippen MR) is 94.1 cm³/mol. The number of furan rings is 1. The fourth-order valence-electron chi connectivity index (χ4n) is 2.27. The Bertz CT molecular complexity index is 782. The zero-order valence-corrected chi connectivity index (χ0v) is 14.1. The molecule has 0 saturated carbocycles. The Morgan fingerprint density at radius 1 is 1.25 bits per heavy atom. The number of aromatic nitrogens is 1. The summed E-state index contributed by atoms with van der Waals surface area (Å²) in [5.41, 5.74) is 1.59. The van der Waals surface area contributed by atoms with Crippen LogP contribution in [-0.4, -0.2) is 31.2 Å². The summed E-state index contributed by atoms with van der Waals surface area (Å²) in [5.74, 6) is 0.538. The summed E-state index contributed by atoms with van der Waals surface area (Å²) in [5, 5.41) is 3.62. The van der Waals surface area contributed by atoms with Gasteiger partial charge in [0.1, 0.15) is 4.88 Å². The highest BCUT2D eigenvalue weighted by atomic mass is 32.1. The van der Waals surface area contributed by atoms with Gasteiger partial charge in [-0.2, -0.15) is 0 Å². The molecule has 24 heavy (non-hydrogen) atoms. The van der Waals surface area contributed by atoms with Gasteiger partial charge in [-0.3, -0.25) is 4.79 Å². The molecule has 1 aromatic carbocycles. The molecule has 0 aliphatic rings. The van der Waals surface area contributed by atoms with Gasteiger partial charge >= 0.3 is 0 Å². The zero-order chi connectivity index (χ0) is 16.8. The Kier molecular flexibility index (Phi) is 5.40. The Balaban J connectivity index is 1.90. The van der Waals surface area contributed by atoms with Crippen molar-refractivity contribution >= 4 is 17.2 Å². The first-order chi connectivity index (χ1) is 11.8. The van der Waals surface area contributed by atoms with Crippen molar-refractivity contribution in [3.8, 4) is 22.0 Å². The van der Waals surface area contributed by atoms with Gasteiger partial charge in [0, 0.05) is 25.8 Å². The minimum absolute atomic E-state index is 0.125. The molecule has 0 radical (unpaired) electrons. The maximum Gasteiger partial charge on any atom is 0.263 e. The van der Waals surface area contributed by atoms with Crippen LogP contribution in [0, 0.1) is 0 Å². The van der Waals surface area contributed by atoms with Crippen molar-refractivity contribution in [3.63, 3.8) is 0 Å². The quantitative estimate of drug-likeness (QED) is 0.663. The molecule has 3 rings (SSSR count). The lowest BCUT2D eigenvalue weighted by molar-refractivity contribution is 0.0953. The van der Waals surface area contributed by atoms with Crippen molar-refractivity contribution < 1.29 is 13.9 Å². The number of carbonyl (C=O) groups is 1. The number of benzene rings is 1. The molecule has 124 valence electrons. The second-order valence-corrected chi connectivity index (χ2v) is 6.14. The SMILES string of the molecule is COCCCNC(=O)c1sc(-c2ccco2)nc1-c1ccccc1. The Labute approximate surface area is 144 Å². The van der Waals surface area contributed by atoms with E-state index in [1.807, 2.05) is 42.5 Å². The van der Waals surface area contributed by atoms with Crippen LogP contribution in [0.1, 0.15) is 16.1 Å². The second kappa shape index (κ2) is 7.90. The van der Waals surface area contributed by atoms with Crippen molar-refractivity contribution in [1.82, 2.24) is 10.3 Å². The van der Waals surface area contributed by atoms with E-state index in [0.29, 0.717) is 34.5 Å². The number of carbonyl (C=O) groups excluding carboxylic acids is 1. The maximum absolute atomic E-state index is 12.6. The lowest BCUT2D eigenvalue weighted by atomic mass is 10.1. The van der Waals surface area contributed by atoms with Gasteiger partial charge in [-0.05, 0) is 18.6 Å². The van der Waals surface area contributed by atoms with Gasteiger partial charge in [-0.15, -0.1) is 11.3 Å². The highest BCUT2D eigenvalue weighted by Crippen LogP contribution is 2.34. The van der Waals surface area contributed by atoms with Crippen LogP contribution in [0.3, 0.4) is 0 Å². The molecular formula is C18H18N2O3S. The van der Waals surface area contributed by atoms with Gasteiger partial charge in [-0.1, -0.05) is 30.3 Å². The Morgan fingerprint density at radius 3 is 2.79 bits per heavy atom. The third-order valence-corrected chi connectivity index (χ3v) is 4.49. The fourth-order valence-corrected chi connectivity index (χ4v) is 3.24. The molecule has 0 aliphatic carbocycles. The number of amides is 1. The zero-order valence-electron chi connectivity index (χ0n) is 13.3. The summed E-state index contributed by atoms with van der Waals surface area (Å²) >= 11 is 1.34. The van der Waals surface area contributed by atoms with E-state index in [1.54, 1.807) is 13.4 Å². The summed E-state index contributed by atoms with van der Waals surface area (Å²) in [6.45, 7) is 1.18. The van der Waals surface area contributed by atoms with Crippen LogP contribution < -0.4 is 5.32 Å². The number of nitrogens with one attached hydrogen (secondary N) is 1. The van der Waals surface area contributed by atoms with Gasteiger partial charge in [0.2, 0.25) is 0 Å². The molecule has 0 spiro atoms. The average molecular weight is 342 g/mol. The van der Waals surface area contributed by atoms with Crippen molar-refractivity contribution in [1.29, 1.82) is 0 Å². The summed E-state index contributed by atoms with van der Waals surface area (Å²) in [6.07, 6.45) is 2.37. The topological polar surface area (TPSA) is 64.4 Å². The smallest absolute Gasteiger partial charge is 0.263 e. The molecule has 0 atom stereocenters. The molecule has 0 aliphatic heterocycles. The number of methoxy groups -OCH3 is 1. The monoisotopic (exact) mass is 342 g/mol. The van der Waals surface area contributed by atoms with E-state index in [4.69, 9.17) is 9.15 Å². The molecule has 0 bridgehead atoms. The highest BCUT2D eigenvalue weighted by Gasteiger charge is 2.20. The molecular weight excluding hydrogens is 324 g/mol. The molecule has 5 nitrogen and oxygen atoms in total. The third kappa shape index (κ3) is 3.72. The van der Waals surface area contributed by atoms with E-state index in [-0.39, 0.29) is 5.91 Å². The molecule has 3 aromatic rings. The lowest BCUT2D eigenvalue weighted by Crippen LogP contribution is -2.24. The predicted octanol–water partition coefficient (Wildman–Crippen LogP) is 3.84. The normalized spacial score (nSPS) is 10.7. The van der Waals surface area contributed by atoms with Crippen LogP contribution in [0.5, 0.6) is 0 Å². The number of hydrogen-bond donors (Lipinski definition) is 1. The third-order valence-electron chi connectivity index (χ3n) is 3.42. The van der Waals surface area contributed by atoms with Crippen LogP contribution in [0.4, 0.5) is 0 Å². The highest BCUT2D eigenvalue weighted by molar-refractivity contribution is 7.17. The molecule has 2 aromatic heterocycles. The largest absolute Gasteiger partial charge is 0.462 e. The minimum Gasteiger partial charge on any atom is -0.462 e. The van der Waals surface area contributed by atoms with Gasteiger partial charge in [0.25, 0.3) is 5.91 Å². The number of rotatable bonds is 7. The van der Waals surface area contributed by atoms with Crippen LogP contribution >= 0.6 is 11.3 Å². The van der Waals surface area contributed by atoms with E-state index < -0.39 is 0 Å². The first-order valence-electron chi connectivity index (χ1n) is 7.67. The molecule has 0 saturated heterocycles. The molecule has 2 heterocycles. The van der Waals surface area contributed by atoms with Crippen LogP contribution in [0.25, 0.3) is 22.0 Å². The van der Waals surface area contributed by atoms with Gasteiger partial charge in [0.05, 0.1) is 12.0 Å². The van der Waals surface area contributed by atoms with Crippen molar-refractivity contribution in [2.75, 3.05) is 20.3 Å². The summed E-state index contributed by atoms with van der Waals surface area (Å²) < 4.78 is 10.4. The van der Waals surface area contributed by atoms with Gasteiger partial charge < -0.3 is 14.5 Å². The van der Waals surface area contributed by atoms with Crippen LogP contribution in [-0.2, 0) is 4.74 Å². The van der Waals surface area contributed by atoms with Crippen molar-refractivity contribution in [3.05, 3.63) is 53.6 Å². The van der Waals surface area contributed by atoms with E-state index in [9.17, 15) is 4.79 Å². The Morgan fingerprint density at radius 2 is 2.08 bits per heavy atom. The standard InChI is InChI=1S/C18H18N2O3S/c1-22-11-6-10-19-17(21)16-15(13-7-3-2-4-8-13)20-18(24-16)14-9-5-12-23-14/h2-5,7-9,12H,6,10-11H2,1H3,(H,19,21). The van der Waals surface area contributed by atoms with Crippen LogP contribution in [0.2, 0.25) is 0 Å². The molecule has 0 fully saturated rings. The molecule has 1 amide bonds. The summed E-state index contributed by atoms with van der Waals surface area (Å²) in [6, 6.07) is 13.3. The lowest BCUT2D eigenvalue weighted by Gasteiger charge is -2.05. The number of nitrogens with zero attached hydrogens (tertiary/aromatic N) is 1. The van der Waals surface area contributed by atoms with E-state index in [1.165, 1.54) is 11.3 Å². The molecule has 6 heteroatoms. The maximum atomic E-state index is 12.6. The number of thiazole rings is 1. The minimum atomic E-state index is -0.125. The molecule has 0 unspecified atom stereocenters. The second-order valence-electron chi connectivity index (χ2n) is 5.14. The molecule has 1 N–H and O–H groups in total. The van der Waals surface area contributed by atoms with E-state index in [0.717, 1.165) is 12.0 Å². The summed E-state index contributed by atoms with van der Waals surface area (Å²) in [7, 11) is 1.65. The first-order valence-corrected chi connectivity index (χ1v) is 8.48. The van der Waals surface area contributed by atoms with Gasteiger partial charge in [-0.25, -0.2) is 4.98 Å². The number of hydrogen-bond acceptors (Lipinski definition) is 5. The fraction of sp³-hybridized carbons (Fsp3) is 0.222. The number of ether oxygens (including phenoxy) is 1. The van der Waals surface area contributed by atoms with Crippen LogP contribution in [0.15, 0.2) is 53.1 Å².